The first-order valence-corrected chi connectivity index (χ1v) is 9.39. The summed E-state index contributed by atoms with van der Waals surface area (Å²) in [5, 5.41) is 4.68. The summed E-state index contributed by atoms with van der Waals surface area (Å²) < 4.78 is 7.44. The fraction of sp³-hybridized carbons (Fsp3) is 0.333. The standard InChI is InChI=1S/C21H24N4O2/c1-3-23-11-13-24(14-12-23)21(26)19-15-18(20-10-9-16(2)27-20)22-25(19)17-7-5-4-6-8-17/h4-10,15H,3,11-14H2,1-2H3. The van der Waals surface area contributed by atoms with Crippen molar-refractivity contribution >= 4 is 5.91 Å². The molecule has 1 amide bonds. The van der Waals surface area contributed by atoms with E-state index in [-0.39, 0.29) is 5.91 Å². The number of likely N-dealkylation sites (N-methyl/N-ethyl adjacent to an activating group) is 1. The van der Waals surface area contributed by atoms with Crippen LogP contribution in [-0.4, -0.2) is 58.2 Å². The normalized spacial score (nSPS) is 15.3. The van der Waals surface area contributed by atoms with Crippen molar-refractivity contribution in [3.05, 3.63) is 60.0 Å². The predicted octanol–water partition coefficient (Wildman–Crippen LogP) is 3.22. The number of furan rings is 1. The lowest BCUT2D eigenvalue weighted by molar-refractivity contribution is 0.0634. The molecule has 0 aliphatic carbocycles. The highest BCUT2D eigenvalue weighted by atomic mass is 16.3. The maximum absolute atomic E-state index is 13.3. The highest BCUT2D eigenvalue weighted by Crippen LogP contribution is 2.24. The first-order chi connectivity index (χ1) is 13.2. The molecule has 140 valence electrons. The number of aryl methyl sites for hydroxylation is 1. The zero-order chi connectivity index (χ0) is 18.8. The Hall–Kier alpha value is -2.86. The average molecular weight is 364 g/mol. The van der Waals surface area contributed by atoms with Crippen LogP contribution < -0.4 is 0 Å². The van der Waals surface area contributed by atoms with Gasteiger partial charge >= 0.3 is 0 Å². The smallest absolute Gasteiger partial charge is 0.272 e. The van der Waals surface area contributed by atoms with Gasteiger partial charge in [0.1, 0.15) is 17.1 Å². The molecule has 3 aromatic rings. The number of nitrogens with zero attached hydrogens (tertiary/aromatic N) is 4. The number of piperazine rings is 1. The SMILES string of the molecule is CCN1CCN(C(=O)c2cc(-c3ccc(C)o3)nn2-c2ccccc2)CC1. The van der Waals surface area contributed by atoms with E-state index < -0.39 is 0 Å². The monoisotopic (exact) mass is 364 g/mol. The summed E-state index contributed by atoms with van der Waals surface area (Å²) in [6.45, 7) is 8.37. The molecule has 1 saturated heterocycles. The van der Waals surface area contributed by atoms with E-state index in [4.69, 9.17) is 4.42 Å². The van der Waals surface area contributed by atoms with Crippen molar-refractivity contribution in [1.29, 1.82) is 0 Å². The topological polar surface area (TPSA) is 54.5 Å². The van der Waals surface area contributed by atoms with Crippen LogP contribution in [0, 0.1) is 6.92 Å². The van der Waals surface area contributed by atoms with E-state index in [0.717, 1.165) is 44.2 Å². The maximum Gasteiger partial charge on any atom is 0.272 e. The van der Waals surface area contributed by atoms with Crippen molar-refractivity contribution < 1.29 is 9.21 Å². The molecule has 0 unspecified atom stereocenters. The van der Waals surface area contributed by atoms with E-state index in [1.54, 1.807) is 4.68 Å². The van der Waals surface area contributed by atoms with Crippen LogP contribution in [0.5, 0.6) is 0 Å². The Balaban J connectivity index is 1.70. The first kappa shape index (κ1) is 17.5. The van der Waals surface area contributed by atoms with Gasteiger partial charge in [-0.05, 0) is 37.7 Å². The van der Waals surface area contributed by atoms with E-state index in [9.17, 15) is 4.79 Å². The zero-order valence-electron chi connectivity index (χ0n) is 15.8. The van der Waals surface area contributed by atoms with Crippen LogP contribution in [0.1, 0.15) is 23.2 Å². The number of para-hydroxylation sites is 1. The highest BCUT2D eigenvalue weighted by Gasteiger charge is 2.26. The van der Waals surface area contributed by atoms with Crippen LogP contribution in [0.3, 0.4) is 0 Å². The Morgan fingerprint density at radius 3 is 2.44 bits per heavy atom. The van der Waals surface area contributed by atoms with Crippen molar-refractivity contribution in [1.82, 2.24) is 19.6 Å². The third kappa shape index (κ3) is 3.53. The number of hydrogen-bond donors (Lipinski definition) is 0. The Labute approximate surface area is 159 Å². The Bertz CT molecular complexity index is 921. The second-order valence-corrected chi connectivity index (χ2v) is 6.80. The van der Waals surface area contributed by atoms with Crippen molar-refractivity contribution in [3.63, 3.8) is 0 Å². The highest BCUT2D eigenvalue weighted by molar-refractivity contribution is 5.94. The average Bonchev–Trinajstić information content (AvgIpc) is 3.35. The molecule has 0 atom stereocenters. The summed E-state index contributed by atoms with van der Waals surface area (Å²) >= 11 is 0. The molecule has 0 bridgehead atoms. The van der Waals surface area contributed by atoms with Gasteiger partial charge in [-0.15, -0.1) is 0 Å². The van der Waals surface area contributed by atoms with Gasteiger partial charge in [-0.3, -0.25) is 4.79 Å². The summed E-state index contributed by atoms with van der Waals surface area (Å²) in [6.07, 6.45) is 0. The quantitative estimate of drug-likeness (QED) is 0.713. The fourth-order valence-electron chi connectivity index (χ4n) is 3.42. The summed E-state index contributed by atoms with van der Waals surface area (Å²) in [6, 6.07) is 15.4. The second kappa shape index (κ2) is 7.40. The molecule has 2 aromatic heterocycles. The van der Waals surface area contributed by atoms with Gasteiger partial charge in [0, 0.05) is 32.2 Å². The zero-order valence-corrected chi connectivity index (χ0v) is 15.8. The first-order valence-electron chi connectivity index (χ1n) is 9.39. The summed E-state index contributed by atoms with van der Waals surface area (Å²) in [4.78, 5) is 17.5. The van der Waals surface area contributed by atoms with Gasteiger partial charge in [-0.1, -0.05) is 25.1 Å². The van der Waals surface area contributed by atoms with Crippen molar-refractivity contribution in [2.45, 2.75) is 13.8 Å². The molecule has 1 aromatic carbocycles. The minimum Gasteiger partial charge on any atom is -0.460 e. The van der Waals surface area contributed by atoms with Gasteiger partial charge in [0.05, 0.1) is 5.69 Å². The van der Waals surface area contributed by atoms with Gasteiger partial charge in [0.25, 0.3) is 5.91 Å². The molecule has 0 N–H and O–H groups in total. The third-order valence-corrected chi connectivity index (χ3v) is 5.03. The van der Waals surface area contributed by atoms with E-state index in [1.165, 1.54) is 0 Å². The van der Waals surface area contributed by atoms with Gasteiger partial charge < -0.3 is 14.2 Å². The van der Waals surface area contributed by atoms with E-state index in [0.29, 0.717) is 17.1 Å². The maximum atomic E-state index is 13.3. The molecule has 0 saturated carbocycles. The number of rotatable bonds is 4. The van der Waals surface area contributed by atoms with Gasteiger partial charge in [0.15, 0.2) is 5.76 Å². The van der Waals surface area contributed by atoms with Gasteiger partial charge in [-0.2, -0.15) is 5.10 Å². The third-order valence-electron chi connectivity index (χ3n) is 5.03. The van der Waals surface area contributed by atoms with Gasteiger partial charge in [-0.25, -0.2) is 4.68 Å². The Kier molecular flexibility index (Phi) is 4.81. The molecule has 6 nitrogen and oxygen atoms in total. The molecule has 4 rings (SSSR count). The molecule has 6 heteroatoms. The lowest BCUT2D eigenvalue weighted by Gasteiger charge is -2.34. The Morgan fingerprint density at radius 1 is 1.07 bits per heavy atom. The molecule has 0 spiro atoms. The number of aromatic nitrogens is 2. The van der Waals surface area contributed by atoms with Crippen LogP contribution in [0.15, 0.2) is 52.9 Å². The minimum absolute atomic E-state index is 0.0108. The van der Waals surface area contributed by atoms with Crippen LogP contribution >= 0.6 is 0 Å². The fourth-order valence-corrected chi connectivity index (χ4v) is 3.42. The van der Waals surface area contributed by atoms with Crippen LogP contribution in [0.25, 0.3) is 17.1 Å². The van der Waals surface area contributed by atoms with Gasteiger partial charge in [0.2, 0.25) is 0 Å². The van der Waals surface area contributed by atoms with Crippen LogP contribution in [-0.2, 0) is 0 Å². The van der Waals surface area contributed by atoms with E-state index in [1.807, 2.05) is 60.4 Å². The number of carbonyl (C=O) groups excluding carboxylic acids is 1. The number of hydrogen-bond acceptors (Lipinski definition) is 4. The number of benzene rings is 1. The summed E-state index contributed by atoms with van der Waals surface area (Å²) in [7, 11) is 0. The molecule has 1 aliphatic rings. The summed E-state index contributed by atoms with van der Waals surface area (Å²) in [5.74, 6) is 1.51. The molecular formula is C21H24N4O2. The summed E-state index contributed by atoms with van der Waals surface area (Å²) in [5.41, 5.74) is 2.10. The van der Waals surface area contributed by atoms with Crippen molar-refractivity contribution in [2.75, 3.05) is 32.7 Å². The molecule has 0 radical (unpaired) electrons. The van der Waals surface area contributed by atoms with Crippen LogP contribution in [0.4, 0.5) is 0 Å². The van der Waals surface area contributed by atoms with Crippen molar-refractivity contribution in [3.8, 4) is 17.1 Å². The second-order valence-electron chi connectivity index (χ2n) is 6.80. The van der Waals surface area contributed by atoms with E-state index in [2.05, 4.69) is 16.9 Å². The van der Waals surface area contributed by atoms with Crippen molar-refractivity contribution in [2.24, 2.45) is 0 Å². The van der Waals surface area contributed by atoms with Crippen LogP contribution in [0.2, 0.25) is 0 Å². The lowest BCUT2D eigenvalue weighted by atomic mass is 10.2. The molecule has 1 aliphatic heterocycles. The number of carbonyl (C=O) groups is 1. The predicted molar refractivity (Wildman–Crippen MR) is 104 cm³/mol. The lowest BCUT2D eigenvalue weighted by Crippen LogP contribution is -2.48. The molecular weight excluding hydrogens is 340 g/mol. The molecule has 1 fully saturated rings. The molecule has 3 heterocycles. The molecule has 27 heavy (non-hydrogen) atoms. The van der Waals surface area contributed by atoms with E-state index >= 15 is 0 Å². The Morgan fingerprint density at radius 2 is 1.81 bits per heavy atom. The largest absolute Gasteiger partial charge is 0.460 e. The minimum atomic E-state index is 0.0108. The number of amides is 1.